The largest absolute Gasteiger partial charge is 0.379 e. The highest BCUT2D eigenvalue weighted by Gasteiger charge is 2.24. The molecule has 0 amide bonds. The van der Waals surface area contributed by atoms with E-state index in [1.54, 1.807) is 0 Å². The Morgan fingerprint density at radius 3 is 2.50 bits per heavy atom. The van der Waals surface area contributed by atoms with E-state index in [1.165, 1.54) is 0 Å². The van der Waals surface area contributed by atoms with Gasteiger partial charge in [0.2, 0.25) is 0 Å². The SMILES string of the molecule is CC1COCC(C)N1CCOCCN. The molecule has 1 fully saturated rings. The molecule has 4 nitrogen and oxygen atoms in total. The highest BCUT2D eigenvalue weighted by Crippen LogP contribution is 2.11. The third kappa shape index (κ3) is 3.53. The zero-order valence-corrected chi connectivity index (χ0v) is 9.24. The lowest BCUT2D eigenvalue weighted by atomic mass is 10.2. The van der Waals surface area contributed by atoms with Gasteiger partial charge in [0.25, 0.3) is 0 Å². The molecule has 0 saturated carbocycles. The number of morpholine rings is 1. The fourth-order valence-corrected chi connectivity index (χ4v) is 1.83. The summed E-state index contributed by atoms with van der Waals surface area (Å²) in [7, 11) is 0. The van der Waals surface area contributed by atoms with Crippen LogP contribution in [0.25, 0.3) is 0 Å². The Labute approximate surface area is 86.3 Å². The average Bonchev–Trinajstić information content (AvgIpc) is 2.16. The molecule has 1 aliphatic heterocycles. The van der Waals surface area contributed by atoms with Gasteiger partial charge < -0.3 is 15.2 Å². The predicted octanol–water partition coefficient (Wildman–Crippen LogP) is 0.0709. The summed E-state index contributed by atoms with van der Waals surface area (Å²) in [6.45, 7) is 9.07. The molecule has 84 valence electrons. The maximum Gasteiger partial charge on any atom is 0.0620 e. The fraction of sp³-hybridized carbons (Fsp3) is 1.00. The Morgan fingerprint density at radius 1 is 1.29 bits per heavy atom. The normalized spacial score (nSPS) is 29.4. The van der Waals surface area contributed by atoms with E-state index in [0.29, 0.717) is 25.2 Å². The molecule has 0 aliphatic carbocycles. The number of hydrogen-bond donors (Lipinski definition) is 1. The number of nitrogens with two attached hydrogens (primary N) is 1. The van der Waals surface area contributed by atoms with E-state index < -0.39 is 0 Å². The lowest BCUT2D eigenvalue weighted by Gasteiger charge is -2.38. The van der Waals surface area contributed by atoms with Gasteiger partial charge in [0.1, 0.15) is 0 Å². The molecule has 1 saturated heterocycles. The van der Waals surface area contributed by atoms with Crippen molar-refractivity contribution in [3.63, 3.8) is 0 Å². The smallest absolute Gasteiger partial charge is 0.0620 e. The molecule has 14 heavy (non-hydrogen) atoms. The predicted molar refractivity (Wildman–Crippen MR) is 56.3 cm³/mol. The minimum absolute atomic E-state index is 0.500. The Bertz CT molecular complexity index is 145. The lowest BCUT2D eigenvalue weighted by molar-refractivity contribution is -0.0468. The topological polar surface area (TPSA) is 47.7 Å². The summed E-state index contributed by atoms with van der Waals surface area (Å²) >= 11 is 0. The summed E-state index contributed by atoms with van der Waals surface area (Å²) in [5.41, 5.74) is 5.34. The fourth-order valence-electron chi connectivity index (χ4n) is 1.83. The highest BCUT2D eigenvalue weighted by atomic mass is 16.5. The molecule has 0 aromatic carbocycles. The van der Waals surface area contributed by atoms with Crippen LogP contribution in [0.1, 0.15) is 13.8 Å². The molecule has 0 bridgehead atoms. The summed E-state index contributed by atoms with van der Waals surface area (Å²) in [4.78, 5) is 2.43. The molecule has 0 radical (unpaired) electrons. The van der Waals surface area contributed by atoms with Crippen LogP contribution in [0, 0.1) is 0 Å². The van der Waals surface area contributed by atoms with Crippen molar-refractivity contribution < 1.29 is 9.47 Å². The minimum Gasteiger partial charge on any atom is -0.379 e. The lowest BCUT2D eigenvalue weighted by Crippen LogP contribution is -2.50. The third-order valence-corrected chi connectivity index (χ3v) is 2.61. The van der Waals surface area contributed by atoms with Crippen molar-refractivity contribution in [3.8, 4) is 0 Å². The van der Waals surface area contributed by atoms with E-state index in [-0.39, 0.29) is 0 Å². The van der Waals surface area contributed by atoms with Crippen LogP contribution >= 0.6 is 0 Å². The molecule has 0 aromatic heterocycles. The van der Waals surface area contributed by atoms with Crippen LogP contribution in [-0.2, 0) is 9.47 Å². The van der Waals surface area contributed by atoms with Gasteiger partial charge in [-0.3, -0.25) is 4.90 Å². The second-order valence-electron chi connectivity index (χ2n) is 3.87. The summed E-state index contributed by atoms with van der Waals surface area (Å²) < 4.78 is 10.8. The first-order chi connectivity index (χ1) is 6.75. The van der Waals surface area contributed by atoms with Crippen LogP contribution in [-0.4, -0.2) is 56.5 Å². The molecule has 1 aliphatic rings. The first kappa shape index (κ1) is 11.9. The Morgan fingerprint density at radius 2 is 1.93 bits per heavy atom. The van der Waals surface area contributed by atoms with Gasteiger partial charge in [-0.15, -0.1) is 0 Å². The van der Waals surface area contributed by atoms with Crippen molar-refractivity contribution in [3.05, 3.63) is 0 Å². The first-order valence-electron chi connectivity index (χ1n) is 5.37. The molecule has 1 rings (SSSR count). The highest BCUT2D eigenvalue weighted by molar-refractivity contribution is 4.77. The van der Waals surface area contributed by atoms with Crippen LogP contribution in [0.5, 0.6) is 0 Å². The number of nitrogens with zero attached hydrogens (tertiary/aromatic N) is 1. The molecule has 2 unspecified atom stereocenters. The van der Waals surface area contributed by atoms with Crippen LogP contribution in [0.4, 0.5) is 0 Å². The van der Waals surface area contributed by atoms with Gasteiger partial charge in [-0.1, -0.05) is 0 Å². The van der Waals surface area contributed by atoms with Gasteiger partial charge in [0.15, 0.2) is 0 Å². The molecule has 0 spiro atoms. The third-order valence-electron chi connectivity index (χ3n) is 2.61. The Kier molecular flexibility index (Phi) is 5.40. The molecule has 4 heteroatoms. The van der Waals surface area contributed by atoms with E-state index in [2.05, 4.69) is 18.7 Å². The quantitative estimate of drug-likeness (QED) is 0.641. The van der Waals surface area contributed by atoms with E-state index in [4.69, 9.17) is 15.2 Å². The zero-order chi connectivity index (χ0) is 10.4. The van der Waals surface area contributed by atoms with Crippen molar-refractivity contribution in [2.45, 2.75) is 25.9 Å². The van der Waals surface area contributed by atoms with Crippen LogP contribution in [0.2, 0.25) is 0 Å². The van der Waals surface area contributed by atoms with Crippen molar-refractivity contribution >= 4 is 0 Å². The van der Waals surface area contributed by atoms with Crippen LogP contribution < -0.4 is 5.73 Å². The summed E-state index contributed by atoms with van der Waals surface area (Å²) in [6, 6.07) is 1.00. The van der Waals surface area contributed by atoms with E-state index in [1.807, 2.05) is 0 Å². The number of ether oxygens (including phenoxy) is 2. The first-order valence-corrected chi connectivity index (χ1v) is 5.37. The Balaban J connectivity index is 2.19. The van der Waals surface area contributed by atoms with Gasteiger partial charge in [0.05, 0.1) is 26.4 Å². The summed E-state index contributed by atoms with van der Waals surface area (Å²) in [5, 5.41) is 0. The second kappa shape index (κ2) is 6.35. The van der Waals surface area contributed by atoms with E-state index >= 15 is 0 Å². The van der Waals surface area contributed by atoms with Crippen LogP contribution in [0.3, 0.4) is 0 Å². The summed E-state index contributed by atoms with van der Waals surface area (Å²) in [6.07, 6.45) is 0. The van der Waals surface area contributed by atoms with Gasteiger partial charge in [-0.05, 0) is 13.8 Å². The molecule has 0 aromatic rings. The zero-order valence-electron chi connectivity index (χ0n) is 9.24. The average molecular weight is 202 g/mol. The van der Waals surface area contributed by atoms with Crippen molar-refractivity contribution in [2.24, 2.45) is 5.73 Å². The van der Waals surface area contributed by atoms with Crippen LogP contribution in [0.15, 0.2) is 0 Å². The van der Waals surface area contributed by atoms with Gasteiger partial charge >= 0.3 is 0 Å². The number of rotatable bonds is 5. The monoisotopic (exact) mass is 202 g/mol. The van der Waals surface area contributed by atoms with Gasteiger partial charge in [0, 0.05) is 25.2 Å². The molecule has 1 heterocycles. The molecule has 2 atom stereocenters. The molecular formula is C10H22N2O2. The number of hydrogen-bond acceptors (Lipinski definition) is 4. The minimum atomic E-state index is 0.500. The van der Waals surface area contributed by atoms with E-state index in [0.717, 1.165) is 26.4 Å². The molecular weight excluding hydrogens is 180 g/mol. The Hall–Kier alpha value is -0.160. The van der Waals surface area contributed by atoms with E-state index in [9.17, 15) is 0 Å². The second-order valence-corrected chi connectivity index (χ2v) is 3.87. The summed E-state index contributed by atoms with van der Waals surface area (Å²) in [5.74, 6) is 0. The van der Waals surface area contributed by atoms with Crippen molar-refractivity contribution in [1.29, 1.82) is 0 Å². The van der Waals surface area contributed by atoms with Crippen molar-refractivity contribution in [2.75, 3.05) is 39.5 Å². The maximum absolute atomic E-state index is 5.45. The standard InChI is InChI=1S/C10H22N2O2/c1-9-7-14-8-10(2)12(9)4-6-13-5-3-11/h9-10H,3-8,11H2,1-2H3. The van der Waals surface area contributed by atoms with Crippen molar-refractivity contribution in [1.82, 2.24) is 4.90 Å². The maximum atomic E-state index is 5.45. The molecule has 2 N–H and O–H groups in total. The van der Waals surface area contributed by atoms with Gasteiger partial charge in [-0.25, -0.2) is 0 Å². The van der Waals surface area contributed by atoms with Gasteiger partial charge in [-0.2, -0.15) is 0 Å².